The van der Waals surface area contributed by atoms with Gasteiger partial charge in [0.25, 0.3) is 0 Å². The van der Waals surface area contributed by atoms with Crippen LogP contribution >= 0.6 is 0 Å². The molecule has 1 atom stereocenters. The molecule has 0 saturated heterocycles. The molecule has 0 aliphatic rings. The van der Waals surface area contributed by atoms with E-state index in [4.69, 9.17) is 0 Å². The highest BCUT2D eigenvalue weighted by molar-refractivity contribution is 5.31. The van der Waals surface area contributed by atoms with E-state index in [1.54, 1.807) is 17.1 Å². The number of imidazole rings is 1. The summed E-state index contributed by atoms with van der Waals surface area (Å²) in [6, 6.07) is 9.83. The Balaban J connectivity index is 1.78. The van der Waals surface area contributed by atoms with Crippen LogP contribution < -0.4 is 0 Å². The Bertz CT molecular complexity index is 687. The molecule has 0 saturated carbocycles. The Morgan fingerprint density at radius 2 is 2.05 bits per heavy atom. The first kappa shape index (κ1) is 12.6. The lowest BCUT2D eigenvalue weighted by molar-refractivity contribution is 0.175. The fourth-order valence-corrected chi connectivity index (χ4v) is 2.11. The minimum absolute atomic E-state index is 0.476. The van der Waals surface area contributed by atoms with Gasteiger partial charge in [-0.1, -0.05) is 18.2 Å². The first-order valence-corrected chi connectivity index (χ1v) is 6.48. The van der Waals surface area contributed by atoms with Gasteiger partial charge in [-0.25, -0.2) is 9.67 Å². The number of hydrogen-bond acceptors (Lipinski definition) is 3. The van der Waals surface area contributed by atoms with E-state index in [0.29, 0.717) is 6.42 Å². The Morgan fingerprint density at radius 1 is 1.25 bits per heavy atom. The summed E-state index contributed by atoms with van der Waals surface area (Å²) in [7, 11) is 1.92. The largest absolute Gasteiger partial charge is 0.388 e. The maximum atomic E-state index is 10.3. The van der Waals surface area contributed by atoms with E-state index >= 15 is 0 Å². The number of aromatic nitrogens is 4. The second-order valence-corrected chi connectivity index (χ2v) is 4.73. The number of rotatable bonds is 4. The molecule has 3 rings (SSSR count). The minimum Gasteiger partial charge on any atom is -0.388 e. The first-order chi connectivity index (χ1) is 9.74. The molecule has 20 heavy (non-hydrogen) atoms. The Morgan fingerprint density at radius 3 is 2.75 bits per heavy atom. The van der Waals surface area contributed by atoms with Crippen molar-refractivity contribution in [3.05, 3.63) is 66.5 Å². The van der Waals surface area contributed by atoms with Gasteiger partial charge in [0, 0.05) is 37.6 Å². The molecule has 0 aliphatic carbocycles. The molecule has 5 heteroatoms. The van der Waals surface area contributed by atoms with Gasteiger partial charge < -0.3 is 9.67 Å². The van der Waals surface area contributed by atoms with E-state index in [2.05, 4.69) is 10.1 Å². The molecule has 0 fully saturated rings. The van der Waals surface area contributed by atoms with Crippen molar-refractivity contribution in [3.63, 3.8) is 0 Å². The zero-order valence-corrected chi connectivity index (χ0v) is 11.2. The van der Waals surface area contributed by atoms with Crippen LogP contribution in [0.25, 0.3) is 5.69 Å². The van der Waals surface area contributed by atoms with Crippen LogP contribution in [-0.4, -0.2) is 24.4 Å². The van der Waals surface area contributed by atoms with Crippen LogP contribution in [0.15, 0.2) is 55.1 Å². The van der Waals surface area contributed by atoms with E-state index < -0.39 is 6.10 Å². The monoisotopic (exact) mass is 268 g/mol. The molecule has 102 valence electrons. The highest BCUT2D eigenvalue weighted by Gasteiger charge is 2.13. The zero-order chi connectivity index (χ0) is 13.9. The third-order valence-electron chi connectivity index (χ3n) is 3.30. The maximum Gasteiger partial charge on any atom is 0.111 e. The summed E-state index contributed by atoms with van der Waals surface area (Å²) < 4.78 is 3.67. The van der Waals surface area contributed by atoms with Crippen LogP contribution in [-0.2, 0) is 13.5 Å². The molecule has 5 nitrogen and oxygen atoms in total. The molecule has 1 unspecified atom stereocenters. The number of aliphatic hydroxyl groups is 1. The van der Waals surface area contributed by atoms with E-state index in [1.165, 1.54) is 0 Å². The second kappa shape index (κ2) is 5.30. The number of para-hydroxylation sites is 1. The standard InChI is InChI=1S/C15H16N4O/c1-18-8-7-16-15(18)9-14(20)12-10-17-19(11-12)13-5-3-2-4-6-13/h2-8,10-11,14,20H,9H2,1H3. The molecular formula is C15H16N4O. The zero-order valence-electron chi connectivity index (χ0n) is 11.2. The lowest BCUT2D eigenvalue weighted by Crippen LogP contribution is -2.06. The molecule has 1 N–H and O–H groups in total. The smallest absolute Gasteiger partial charge is 0.111 e. The highest BCUT2D eigenvalue weighted by atomic mass is 16.3. The van der Waals surface area contributed by atoms with Crippen LogP contribution in [0.2, 0.25) is 0 Å². The third-order valence-corrected chi connectivity index (χ3v) is 3.30. The number of hydrogen-bond donors (Lipinski definition) is 1. The molecule has 1 aromatic carbocycles. The van der Waals surface area contributed by atoms with Crippen LogP contribution in [0, 0.1) is 0 Å². The number of aliphatic hydroxyl groups excluding tert-OH is 1. The van der Waals surface area contributed by atoms with Crippen molar-refractivity contribution in [2.24, 2.45) is 7.05 Å². The Labute approximate surface area is 117 Å². The van der Waals surface area contributed by atoms with Crippen LogP contribution in [0.3, 0.4) is 0 Å². The molecule has 3 aromatic rings. The average Bonchev–Trinajstić information content (AvgIpc) is 3.10. The van der Waals surface area contributed by atoms with Gasteiger partial charge in [-0.15, -0.1) is 0 Å². The topological polar surface area (TPSA) is 55.9 Å². The minimum atomic E-state index is -0.603. The second-order valence-electron chi connectivity index (χ2n) is 4.73. The molecular weight excluding hydrogens is 252 g/mol. The van der Waals surface area contributed by atoms with E-state index in [9.17, 15) is 5.11 Å². The summed E-state index contributed by atoms with van der Waals surface area (Å²) in [6.07, 6.45) is 7.02. The first-order valence-electron chi connectivity index (χ1n) is 6.48. The summed E-state index contributed by atoms with van der Waals surface area (Å²) in [4.78, 5) is 4.22. The van der Waals surface area contributed by atoms with Gasteiger partial charge in [0.15, 0.2) is 0 Å². The van der Waals surface area contributed by atoms with Gasteiger partial charge in [-0.05, 0) is 12.1 Å². The van der Waals surface area contributed by atoms with Crippen LogP contribution in [0.1, 0.15) is 17.5 Å². The lowest BCUT2D eigenvalue weighted by Gasteiger charge is -2.08. The van der Waals surface area contributed by atoms with E-state index in [1.807, 2.05) is 54.3 Å². The van der Waals surface area contributed by atoms with Crippen molar-refractivity contribution < 1.29 is 5.11 Å². The van der Waals surface area contributed by atoms with Gasteiger partial charge in [-0.3, -0.25) is 0 Å². The van der Waals surface area contributed by atoms with Crippen LogP contribution in [0.5, 0.6) is 0 Å². The van der Waals surface area contributed by atoms with Gasteiger partial charge in [0.2, 0.25) is 0 Å². The van der Waals surface area contributed by atoms with Crippen LogP contribution in [0.4, 0.5) is 0 Å². The van der Waals surface area contributed by atoms with Gasteiger partial charge in [0.1, 0.15) is 5.82 Å². The number of benzene rings is 1. The maximum absolute atomic E-state index is 10.3. The van der Waals surface area contributed by atoms with Crippen molar-refractivity contribution in [1.82, 2.24) is 19.3 Å². The van der Waals surface area contributed by atoms with E-state index in [0.717, 1.165) is 17.1 Å². The molecule has 0 amide bonds. The molecule has 2 heterocycles. The van der Waals surface area contributed by atoms with Crippen molar-refractivity contribution in [2.45, 2.75) is 12.5 Å². The fourth-order valence-electron chi connectivity index (χ4n) is 2.11. The molecule has 2 aromatic heterocycles. The molecule has 0 aliphatic heterocycles. The van der Waals surface area contributed by atoms with Crippen molar-refractivity contribution >= 4 is 0 Å². The molecule has 0 bridgehead atoms. The predicted octanol–water partition coefficient (Wildman–Crippen LogP) is 1.88. The number of nitrogens with zero attached hydrogens (tertiary/aromatic N) is 4. The predicted molar refractivity (Wildman–Crippen MR) is 75.4 cm³/mol. The number of aryl methyl sites for hydroxylation is 1. The van der Waals surface area contributed by atoms with E-state index in [-0.39, 0.29) is 0 Å². The van der Waals surface area contributed by atoms with Crippen molar-refractivity contribution in [3.8, 4) is 5.69 Å². The summed E-state index contributed by atoms with van der Waals surface area (Å²) in [5.41, 5.74) is 1.76. The molecule has 0 spiro atoms. The third kappa shape index (κ3) is 2.48. The fraction of sp³-hybridized carbons (Fsp3) is 0.200. The van der Waals surface area contributed by atoms with Gasteiger partial charge >= 0.3 is 0 Å². The lowest BCUT2D eigenvalue weighted by atomic mass is 10.1. The Hall–Kier alpha value is -2.40. The van der Waals surface area contributed by atoms with Crippen molar-refractivity contribution in [1.29, 1.82) is 0 Å². The van der Waals surface area contributed by atoms with Gasteiger partial charge in [-0.2, -0.15) is 5.10 Å². The quantitative estimate of drug-likeness (QED) is 0.786. The molecule has 0 radical (unpaired) electrons. The van der Waals surface area contributed by atoms with Gasteiger partial charge in [0.05, 0.1) is 18.0 Å². The summed E-state index contributed by atoms with van der Waals surface area (Å²) in [6.45, 7) is 0. The normalized spacial score (nSPS) is 12.5. The SMILES string of the molecule is Cn1ccnc1CC(O)c1cnn(-c2ccccc2)c1. The van der Waals surface area contributed by atoms with Crippen molar-refractivity contribution in [2.75, 3.05) is 0 Å². The Kier molecular flexibility index (Phi) is 3.35. The summed E-state index contributed by atoms with van der Waals surface area (Å²) in [5.74, 6) is 0.852. The summed E-state index contributed by atoms with van der Waals surface area (Å²) >= 11 is 0. The highest BCUT2D eigenvalue weighted by Crippen LogP contribution is 2.18. The summed E-state index contributed by atoms with van der Waals surface area (Å²) in [5, 5.41) is 14.6. The average molecular weight is 268 g/mol.